The molecule has 0 radical (unpaired) electrons. The molecule has 0 saturated carbocycles. The van der Waals surface area contributed by atoms with E-state index in [0.717, 1.165) is 16.8 Å². The molecule has 3 rings (SSSR count). The van der Waals surface area contributed by atoms with Crippen molar-refractivity contribution in [3.63, 3.8) is 0 Å². The van der Waals surface area contributed by atoms with Crippen molar-refractivity contribution in [2.45, 2.75) is 24.4 Å². The maximum Gasteiger partial charge on any atom is 0.226 e. The van der Waals surface area contributed by atoms with E-state index < -0.39 is 9.84 Å². The van der Waals surface area contributed by atoms with Crippen molar-refractivity contribution in [3.05, 3.63) is 71.9 Å². The predicted octanol–water partition coefficient (Wildman–Crippen LogP) is 4.08. The van der Waals surface area contributed by atoms with Crippen molar-refractivity contribution >= 4 is 9.84 Å². The van der Waals surface area contributed by atoms with Gasteiger partial charge >= 0.3 is 0 Å². The van der Waals surface area contributed by atoms with Gasteiger partial charge in [0, 0.05) is 24.4 Å². The first-order chi connectivity index (χ1) is 12.7. The molecule has 0 bridgehead atoms. The third-order valence-corrected chi connectivity index (χ3v) is 5.63. The number of sulfone groups is 1. The normalized spacial score (nSPS) is 13.1. The molecule has 0 saturated heterocycles. The Morgan fingerprint density at radius 1 is 1.11 bits per heavy atom. The summed E-state index contributed by atoms with van der Waals surface area (Å²) in [5.41, 5.74) is 2.48. The lowest BCUT2D eigenvalue weighted by molar-refractivity contribution is 0.250. The SMILES string of the molecule is CC(c1ccc(S(C)(=O)=O)cc1)N(C)Cc1coc(-c2ccc(F)cc2)n1. The largest absolute Gasteiger partial charge is 0.444 e. The molecular formula is C20H21FN2O3S. The molecule has 0 aliphatic heterocycles. The van der Waals surface area contributed by atoms with Crippen LogP contribution in [-0.4, -0.2) is 31.6 Å². The molecule has 1 unspecified atom stereocenters. The Kier molecular flexibility index (Phi) is 5.43. The average Bonchev–Trinajstić information content (AvgIpc) is 3.09. The molecule has 1 atom stereocenters. The Labute approximate surface area is 158 Å². The summed E-state index contributed by atoms with van der Waals surface area (Å²) in [4.78, 5) is 6.85. The fraction of sp³-hybridized carbons (Fsp3) is 0.250. The molecule has 0 aliphatic rings. The van der Waals surface area contributed by atoms with E-state index in [0.29, 0.717) is 17.3 Å². The van der Waals surface area contributed by atoms with Gasteiger partial charge in [0.05, 0.1) is 10.6 Å². The quantitative estimate of drug-likeness (QED) is 0.637. The zero-order valence-corrected chi connectivity index (χ0v) is 16.2. The number of benzene rings is 2. The zero-order chi connectivity index (χ0) is 19.6. The van der Waals surface area contributed by atoms with E-state index in [9.17, 15) is 12.8 Å². The summed E-state index contributed by atoms with van der Waals surface area (Å²) in [5, 5.41) is 0. The summed E-state index contributed by atoms with van der Waals surface area (Å²) in [6.07, 6.45) is 2.79. The lowest BCUT2D eigenvalue weighted by Crippen LogP contribution is -2.22. The first kappa shape index (κ1) is 19.3. The molecule has 0 fully saturated rings. The molecule has 142 valence electrons. The lowest BCUT2D eigenvalue weighted by atomic mass is 10.1. The van der Waals surface area contributed by atoms with E-state index >= 15 is 0 Å². The maximum atomic E-state index is 13.0. The van der Waals surface area contributed by atoms with Crippen LogP contribution < -0.4 is 0 Å². The maximum absolute atomic E-state index is 13.0. The summed E-state index contributed by atoms with van der Waals surface area (Å²) in [5.74, 6) is 0.143. The fourth-order valence-electron chi connectivity index (χ4n) is 2.75. The molecule has 0 N–H and O–H groups in total. The number of aromatic nitrogens is 1. The summed E-state index contributed by atoms with van der Waals surface area (Å²) < 4.78 is 41.7. The molecule has 7 heteroatoms. The number of nitrogens with zero attached hydrogens (tertiary/aromatic N) is 2. The highest BCUT2D eigenvalue weighted by atomic mass is 32.2. The van der Waals surface area contributed by atoms with Gasteiger partial charge in [0.2, 0.25) is 5.89 Å². The highest BCUT2D eigenvalue weighted by molar-refractivity contribution is 7.90. The second kappa shape index (κ2) is 7.62. The minimum atomic E-state index is -3.20. The first-order valence-corrected chi connectivity index (χ1v) is 10.3. The highest BCUT2D eigenvalue weighted by Crippen LogP contribution is 2.24. The smallest absolute Gasteiger partial charge is 0.226 e. The summed E-state index contributed by atoms with van der Waals surface area (Å²) in [7, 11) is -1.24. The van der Waals surface area contributed by atoms with Crippen LogP contribution in [0.25, 0.3) is 11.5 Å². The van der Waals surface area contributed by atoms with Gasteiger partial charge in [-0.15, -0.1) is 0 Å². The standard InChI is InChI=1S/C20H21FN2O3S/c1-14(15-6-10-19(11-7-15)27(3,24)25)23(2)12-18-13-26-20(22-18)16-4-8-17(21)9-5-16/h4-11,13-14H,12H2,1-3H3. The van der Waals surface area contributed by atoms with Crippen LogP contribution in [0.15, 0.2) is 64.1 Å². The monoisotopic (exact) mass is 388 g/mol. The first-order valence-electron chi connectivity index (χ1n) is 8.44. The Bertz CT molecular complexity index is 1010. The molecule has 1 aromatic heterocycles. The summed E-state index contributed by atoms with van der Waals surface area (Å²) in [6.45, 7) is 2.59. The van der Waals surface area contributed by atoms with Crippen LogP contribution in [0.5, 0.6) is 0 Å². The number of hydrogen-bond donors (Lipinski definition) is 0. The Balaban J connectivity index is 1.69. The van der Waals surface area contributed by atoms with Gasteiger partial charge in [0.15, 0.2) is 9.84 Å². The van der Waals surface area contributed by atoms with Crippen LogP contribution in [0.3, 0.4) is 0 Å². The topological polar surface area (TPSA) is 63.4 Å². The second-order valence-corrected chi connectivity index (χ2v) is 8.60. The number of rotatable bonds is 6. The van der Waals surface area contributed by atoms with Gasteiger partial charge in [-0.05, 0) is 55.9 Å². The Hall–Kier alpha value is -2.51. The molecule has 5 nitrogen and oxygen atoms in total. The van der Waals surface area contributed by atoms with Gasteiger partial charge in [-0.1, -0.05) is 12.1 Å². The number of halogens is 1. The van der Waals surface area contributed by atoms with Crippen molar-refractivity contribution in [2.75, 3.05) is 13.3 Å². The molecule has 1 heterocycles. The minimum Gasteiger partial charge on any atom is -0.444 e. The van der Waals surface area contributed by atoms with E-state index in [1.807, 2.05) is 26.1 Å². The summed E-state index contributed by atoms with van der Waals surface area (Å²) >= 11 is 0. The molecule has 0 spiro atoms. The molecule has 2 aromatic carbocycles. The van der Waals surface area contributed by atoms with E-state index in [2.05, 4.69) is 9.88 Å². The van der Waals surface area contributed by atoms with E-state index in [1.165, 1.54) is 18.4 Å². The number of oxazole rings is 1. The molecule has 3 aromatic rings. The lowest BCUT2D eigenvalue weighted by Gasteiger charge is -2.24. The van der Waals surface area contributed by atoms with Crippen LogP contribution in [-0.2, 0) is 16.4 Å². The van der Waals surface area contributed by atoms with Crippen LogP contribution in [0.4, 0.5) is 4.39 Å². The van der Waals surface area contributed by atoms with Crippen LogP contribution >= 0.6 is 0 Å². The van der Waals surface area contributed by atoms with E-state index in [-0.39, 0.29) is 11.9 Å². The molecule has 27 heavy (non-hydrogen) atoms. The van der Waals surface area contributed by atoms with Gasteiger partial charge in [0.25, 0.3) is 0 Å². The van der Waals surface area contributed by atoms with E-state index in [1.54, 1.807) is 30.5 Å². The third-order valence-electron chi connectivity index (χ3n) is 4.51. The van der Waals surface area contributed by atoms with Crippen LogP contribution in [0.2, 0.25) is 0 Å². The highest BCUT2D eigenvalue weighted by Gasteiger charge is 2.16. The minimum absolute atomic E-state index is 0.0598. The predicted molar refractivity (Wildman–Crippen MR) is 101 cm³/mol. The van der Waals surface area contributed by atoms with Gasteiger partial charge in [-0.25, -0.2) is 17.8 Å². The fourth-order valence-corrected chi connectivity index (χ4v) is 3.38. The van der Waals surface area contributed by atoms with Gasteiger partial charge < -0.3 is 4.42 Å². The average molecular weight is 388 g/mol. The van der Waals surface area contributed by atoms with E-state index in [4.69, 9.17) is 4.42 Å². The van der Waals surface area contributed by atoms with Crippen molar-refractivity contribution in [1.29, 1.82) is 0 Å². The summed E-state index contributed by atoms with van der Waals surface area (Å²) in [6, 6.07) is 12.9. The second-order valence-electron chi connectivity index (χ2n) is 6.58. The number of hydrogen-bond acceptors (Lipinski definition) is 5. The van der Waals surface area contributed by atoms with Crippen molar-refractivity contribution in [3.8, 4) is 11.5 Å². The molecule has 0 amide bonds. The molecule has 0 aliphatic carbocycles. The van der Waals surface area contributed by atoms with Gasteiger partial charge in [-0.3, -0.25) is 4.90 Å². The van der Waals surface area contributed by atoms with Gasteiger partial charge in [0.1, 0.15) is 12.1 Å². The Morgan fingerprint density at radius 2 is 1.74 bits per heavy atom. The van der Waals surface area contributed by atoms with Crippen molar-refractivity contribution < 1.29 is 17.2 Å². The molecular weight excluding hydrogens is 367 g/mol. The Morgan fingerprint density at radius 3 is 2.33 bits per heavy atom. The van der Waals surface area contributed by atoms with Crippen LogP contribution in [0, 0.1) is 5.82 Å². The van der Waals surface area contributed by atoms with Crippen molar-refractivity contribution in [2.24, 2.45) is 0 Å². The van der Waals surface area contributed by atoms with Crippen LogP contribution in [0.1, 0.15) is 24.2 Å². The third kappa shape index (κ3) is 4.61. The van der Waals surface area contributed by atoms with Crippen molar-refractivity contribution in [1.82, 2.24) is 9.88 Å². The van der Waals surface area contributed by atoms with Gasteiger partial charge in [-0.2, -0.15) is 0 Å². The zero-order valence-electron chi connectivity index (χ0n) is 15.4.